The van der Waals surface area contributed by atoms with Crippen molar-refractivity contribution < 1.29 is 4.79 Å². The van der Waals surface area contributed by atoms with Gasteiger partial charge in [-0.25, -0.2) is 0 Å². The monoisotopic (exact) mass is 544 g/mol. The van der Waals surface area contributed by atoms with E-state index in [1.165, 1.54) is 57.8 Å². The third-order valence-corrected chi connectivity index (χ3v) is 25.7. The minimum absolute atomic E-state index is 0.00464. The summed E-state index contributed by atoms with van der Waals surface area (Å²) in [6, 6.07) is 8.01. The Bertz CT molecular complexity index is 776. The molecule has 0 spiro atoms. The van der Waals surface area contributed by atoms with E-state index in [0.717, 1.165) is 31.1 Å². The molecule has 1 nitrogen and oxygen atoms in total. The van der Waals surface area contributed by atoms with Gasteiger partial charge in [-0.2, -0.15) is 0 Å². The summed E-state index contributed by atoms with van der Waals surface area (Å²) in [5, 5.41) is 0. The zero-order valence-corrected chi connectivity index (χ0v) is 24.3. The molecule has 32 heavy (non-hydrogen) atoms. The first-order chi connectivity index (χ1) is 15.5. The van der Waals surface area contributed by atoms with Crippen LogP contribution in [-0.4, -0.2) is 24.2 Å². The Morgan fingerprint density at radius 2 is 1.56 bits per heavy atom. The summed E-state index contributed by atoms with van der Waals surface area (Å²) in [6.07, 6.45) is 15.4. The van der Waals surface area contributed by atoms with Gasteiger partial charge in [0.15, 0.2) is 0 Å². The molecule has 0 saturated heterocycles. The first-order valence-corrected chi connectivity index (χ1v) is 21.6. The zero-order chi connectivity index (χ0) is 22.8. The van der Waals surface area contributed by atoms with Crippen LogP contribution < -0.4 is 3.58 Å². The molecule has 3 aliphatic rings. The van der Waals surface area contributed by atoms with Crippen LogP contribution in [0.4, 0.5) is 0 Å². The fourth-order valence-electron chi connectivity index (χ4n) is 8.04. The van der Waals surface area contributed by atoms with E-state index in [4.69, 9.17) is 0 Å². The number of carbonyl (C=O) groups is 1. The van der Waals surface area contributed by atoms with Crippen LogP contribution in [0.15, 0.2) is 18.2 Å². The number of ketones is 1. The molecule has 0 N–H and O–H groups in total. The number of rotatable bonds is 10. The molecule has 0 unspecified atom stereocenters. The van der Waals surface area contributed by atoms with Gasteiger partial charge < -0.3 is 0 Å². The Hall–Kier alpha value is -0.311. The molecular weight excluding hydrogens is 495 g/mol. The number of unbranched alkanes of at least 4 members (excludes halogenated alkanes) is 3. The quantitative estimate of drug-likeness (QED) is 0.272. The number of benzene rings is 1. The first-order valence-electron chi connectivity index (χ1n) is 14.2. The maximum absolute atomic E-state index is 12.7. The second-order valence-electron chi connectivity index (χ2n) is 11.8. The average Bonchev–Trinajstić information content (AvgIpc) is 3.12. The van der Waals surface area contributed by atoms with Crippen molar-refractivity contribution in [1.82, 2.24) is 0 Å². The third kappa shape index (κ3) is 4.50. The van der Waals surface area contributed by atoms with Crippen molar-refractivity contribution in [3.05, 3.63) is 29.3 Å². The van der Waals surface area contributed by atoms with E-state index in [1.807, 2.05) is 3.58 Å². The van der Waals surface area contributed by atoms with Gasteiger partial charge in [-0.1, -0.05) is 0 Å². The molecule has 0 bridgehead atoms. The molecule has 178 valence electrons. The van der Waals surface area contributed by atoms with Gasteiger partial charge in [0.2, 0.25) is 0 Å². The van der Waals surface area contributed by atoms with Gasteiger partial charge in [0.25, 0.3) is 0 Å². The van der Waals surface area contributed by atoms with Gasteiger partial charge in [-0.15, -0.1) is 0 Å². The van der Waals surface area contributed by atoms with E-state index in [0.29, 0.717) is 11.7 Å². The SMILES string of the molecule is CCC[CH2][Sn]([CH2]CCC)([CH2]CCC)[c]1ccc2c(c1)CC[C@@H]1[C@@H]2CC[C@]2(C)C(=O)CC[C@@H]12. The number of aryl methyl sites for hydroxylation is 1. The van der Waals surface area contributed by atoms with E-state index < -0.39 is 18.4 Å². The van der Waals surface area contributed by atoms with Crippen LogP contribution in [0, 0.1) is 17.3 Å². The van der Waals surface area contributed by atoms with Crippen molar-refractivity contribution in [2.45, 2.75) is 124 Å². The topological polar surface area (TPSA) is 17.1 Å². The summed E-state index contributed by atoms with van der Waals surface area (Å²) < 4.78 is 6.57. The Morgan fingerprint density at radius 1 is 0.906 bits per heavy atom. The first kappa shape index (κ1) is 24.8. The minimum atomic E-state index is -2.35. The molecule has 2 saturated carbocycles. The summed E-state index contributed by atoms with van der Waals surface area (Å²) in [5.41, 5.74) is 3.40. The predicted molar refractivity (Wildman–Crippen MR) is 141 cm³/mol. The normalized spacial score (nSPS) is 29.5. The van der Waals surface area contributed by atoms with Crippen LogP contribution in [0.5, 0.6) is 0 Å². The average molecular weight is 543 g/mol. The van der Waals surface area contributed by atoms with Crippen molar-refractivity contribution >= 4 is 27.7 Å². The van der Waals surface area contributed by atoms with Gasteiger partial charge >= 0.3 is 203 Å². The van der Waals surface area contributed by atoms with Crippen molar-refractivity contribution in [2.75, 3.05) is 0 Å². The molecule has 1 aromatic carbocycles. The molecule has 0 radical (unpaired) electrons. The molecule has 0 aliphatic heterocycles. The molecular formula is C30H48OSn. The Balaban J connectivity index is 1.63. The molecule has 4 rings (SSSR count). The van der Waals surface area contributed by atoms with E-state index >= 15 is 0 Å². The van der Waals surface area contributed by atoms with E-state index in [9.17, 15) is 4.79 Å². The zero-order valence-electron chi connectivity index (χ0n) is 21.5. The van der Waals surface area contributed by atoms with Crippen molar-refractivity contribution in [3.63, 3.8) is 0 Å². The van der Waals surface area contributed by atoms with Gasteiger partial charge in [0.05, 0.1) is 0 Å². The van der Waals surface area contributed by atoms with Crippen LogP contribution in [-0.2, 0) is 11.2 Å². The molecule has 2 heteroatoms. The summed E-state index contributed by atoms with van der Waals surface area (Å²) in [4.78, 5) is 12.7. The van der Waals surface area contributed by atoms with Gasteiger partial charge in [0, 0.05) is 0 Å². The maximum atomic E-state index is 12.7. The molecule has 0 amide bonds. The molecule has 4 atom stereocenters. The Labute approximate surface area is 202 Å². The Morgan fingerprint density at radius 3 is 2.19 bits per heavy atom. The van der Waals surface area contributed by atoms with Crippen LogP contribution in [0.2, 0.25) is 13.3 Å². The van der Waals surface area contributed by atoms with Crippen LogP contribution in [0.1, 0.15) is 115 Å². The van der Waals surface area contributed by atoms with E-state index in [2.05, 4.69) is 45.9 Å². The summed E-state index contributed by atoms with van der Waals surface area (Å²) in [6.45, 7) is 9.45. The number of fused-ring (bicyclic) bond motifs is 5. The van der Waals surface area contributed by atoms with Crippen molar-refractivity contribution in [2.24, 2.45) is 17.3 Å². The van der Waals surface area contributed by atoms with E-state index in [1.54, 1.807) is 24.4 Å². The van der Waals surface area contributed by atoms with Crippen LogP contribution in [0.3, 0.4) is 0 Å². The fourth-order valence-corrected chi connectivity index (χ4v) is 24.1. The molecule has 0 heterocycles. The van der Waals surface area contributed by atoms with Crippen molar-refractivity contribution in [3.8, 4) is 0 Å². The van der Waals surface area contributed by atoms with Gasteiger partial charge in [-0.05, 0) is 0 Å². The predicted octanol–water partition coefficient (Wildman–Crippen LogP) is 8.17. The number of hydrogen-bond acceptors (Lipinski definition) is 1. The van der Waals surface area contributed by atoms with Gasteiger partial charge in [-0.3, -0.25) is 0 Å². The van der Waals surface area contributed by atoms with Crippen molar-refractivity contribution in [1.29, 1.82) is 0 Å². The summed E-state index contributed by atoms with van der Waals surface area (Å²) in [5.74, 6) is 2.71. The number of hydrogen-bond donors (Lipinski definition) is 0. The molecule has 2 fully saturated rings. The van der Waals surface area contributed by atoms with E-state index in [-0.39, 0.29) is 5.41 Å². The summed E-state index contributed by atoms with van der Waals surface area (Å²) >= 11 is -2.35. The second-order valence-corrected chi connectivity index (χ2v) is 25.1. The van der Waals surface area contributed by atoms with Gasteiger partial charge in [0.1, 0.15) is 0 Å². The summed E-state index contributed by atoms with van der Waals surface area (Å²) in [7, 11) is 0. The number of Topliss-reactive ketones (excluding diaryl/α,β-unsaturated/α-hetero) is 1. The number of carbonyl (C=O) groups excluding carboxylic acids is 1. The molecule has 3 aliphatic carbocycles. The Kier molecular flexibility index (Phi) is 8.16. The van der Waals surface area contributed by atoms with Crippen LogP contribution >= 0.6 is 0 Å². The standard InChI is InChI=1S/C18H21O.3C4H9.Sn/c1-18-11-10-14-13-5-3-2-4-12(13)6-7-15(14)16(18)8-9-17(18)19;3*1-3-4-2;/h3-5,14-16H,6-11H2,1H3;3*1,3-4H2,2H3;/t14-,15-,16+,18+;;;;/m1..../s1. The third-order valence-electron chi connectivity index (χ3n) is 10.1. The molecule has 1 aromatic rings. The second kappa shape index (κ2) is 10.5. The van der Waals surface area contributed by atoms with Crippen LogP contribution in [0.25, 0.3) is 0 Å². The molecule has 0 aromatic heterocycles. The fraction of sp³-hybridized carbons (Fsp3) is 0.767.